The maximum Gasteiger partial charge on any atom is 0.343 e. The Hall–Kier alpha value is -2.36. The highest BCUT2D eigenvalue weighted by atomic mass is 16.5. The van der Waals surface area contributed by atoms with Gasteiger partial charge in [0.2, 0.25) is 0 Å². The number of aryl methyl sites for hydroxylation is 1. The number of methoxy groups -OCH3 is 1. The number of carbonyl (C=O) groups is 1. The van der Waals surface area contributed by atoms with Crippen LogP contribution in [0.1, 0.15) is 34.5 Å². The summed E-state index contributed by atoms with van der Waals surface area (Å²) in [5.41, 5.74) is 4.11. The number of ether oxygens (including phenoxy) is 1. The molecule has 3 rings (SSSR count). The molecule has 1 aliphatic rings. The van der Waals surface area contributed by atoms with Crippen molar-refractivity contribution >= 4 is 5.97 Å². The highest BCUT2D eigenvalue weighted by Crippen LogP contribution is 2.34. The average Bonchev–Trinajstić information content (AvgIpc) is 2.47. The third-order valence-corrected chi connectivity index (χ3v) is 4.02. The number of pyridine rings is 1. The van der Waals surface area contributed by atoms with Gasteiger partial charge in [-0.15, -0.1) is 0 Å². The number of aromatic nitrogens is 1. The second kappa shape index (κ2) is 4.88. The molecule has 0 bridgehead atoms. The Kier molecular flexibility index (Phi) is 3.16. The Morgan fingerprint density at radius 2 is 2.10 bits per heavy atom. The van der Waals surface area contributed by atoms with Gasteiger partial charge in [0.1, 0.15) is 5.56 Å². The van der Waals surface area contributed by atoms with E-state index in [4.69, 9.17) is 0 Å². The SMILES string of the molecule is COC(=O)c1cn2c(cc1=O)-c1cc(C)ccc1CC2C. The zero-order chi connectivity index (χ0) is 15.1. The predicted octanol–water partition coefficient (Wildman–Crippen LogP) is 2.73. The summed E-state index contributed by atoms with van der Waals surface area (Å²) in [5.74, 6) is -0.586. The van der Waals surface area contributed by atoms with E-state index in [0.717, 1.165) is 23.2 Å². The van der Waals surface area contributed by atoms with Gasteiger partial charge in [0.05, 0.1) is 12.8 Å². The normalized spacial score (nSPS) is 16.0. The third-order valence-electron chi connectivity index (χ3n) is 4.02. The zero-order valence-corrected chi connectivity index (χ0v) is 12.3. The van der Waals surface area contributed by atoms with Crippen molar-refractivity contribution in [1.29, 1.82) is 0 Å². The van der Waals surface area contributed by atoms with Gasteiger partial charge in [0, 0.05) is 23.9 Å². The number of rotatable bonds is 1. The molecule has 4 nitrogen and oxygen atoms in total. The molecule has 2 heterocycles. The molecule has 0 amide bonds. The number of carbonyl (C=O) groups excluding carboxylic acids is 1. The topological polar surface area (TPSA) is 48.3 Å². The lowest BCUT2D eigenvalue weighted by Crippen LogP contribution is -2.24. The molecular formula is C17H17NO3. The quantitative estimate of drug-likeness (QED) is 0.756. The van der Waals surface area contributed by atoms with E-state index in [2.05, 4.69) is 29.9 Å². The molecule has 1 unspecified atom stereocenters. The van der Waals surface area contributed by atoms with Gasteiger partial charge in [-0.05, 0) is 31.9 Å². The van der Waals surface area contributed by atoms with Crippen LogP contribution in [0.5, 0.6) is 0 Å². The molecule has 1 aromatic heterocycles. The second-order valence-electron chi connectivity index (χ2n) is 5.55. The fourth-order valence-electron chi connectivity index (χ4n) is 2.92. The van der Waals surface area contributed by atoms with Crippen LogP contribution >= 0.6 is 0 Å². The molecule has 0 saturated heterocycles. The molecule has 1 atom stereocenters. The summed E-state index contributed by atoms with van der Waals surface area (Å²) < 4.78 is 6.68. The van der Waals surface area contributed by atoms with E-state index in [1.165, 1.54) is 12.7 Å². The molecule has 108 valence electrons. The smallest absolute Gasteiger partial charge is 0.343 e. The maximum atomic E-state index is 12.2. The minimum absolute atomic E-state index is 0.0872. The van der Waals surface area contributed by atoms with Crippen LogP contribution in [0.25, 0.3) is 11.3 Å². The van der Waals surface area contributed by atoms with E-state index >= 15 is 0 Å². The largest absolute Gasteiger partial charge is 0.465 e. The first-order chi connectivity index (χ1) is 10.0. The van der Waals surface area contributed by atoms with Crippen molar-refractivity contribution in [2.45, 2.75) is 26.3 Å². The summed E-state index contributed by atoms with van der Waals surface area (Å²) in [5, 5.41) is 0. The lowest BCUT2D eigenvalue weighted by Gasteiger charge is -2.28. The first-order valence-electron chi connectivity index (χ1n) is 6.95. The second-order valence-corrected chi connectivity index (χ2v) is 5.55. The van der Waals surface area contributed by atoms with Crippen molar-refractivity contribution in [2.24, 2.45) is 0 Å². The van der Waals surface area contributed by atoms with Crippen molar-refractivity contribution in [2.75, 3.05) is 7.11 Å². The van der Waals surface area contributed by atoms with Gasteiger partial charge in [-0.25, -0.2) is 4.79 Å². The van der Waals surface area contributed by atoms with Gasteiger partial charge < -0.3 is 9.30 Å². The van der Waals surface area contributed by atoms with Gasteiger partial charge in [-0.3, -0.25) is 4.79 Å². The van der Waals surface area contributed by atoms with E-state index in [9.17, 15) is 9.59 Å². The first kappa shape index (κ1) is 13.6. The molecule has 0 fully saturated rings. The number of fused-ring (bicyclic) bond motifs is 3. The summed E-state index contributed by atoms with van der Waals surface area (Å²) >= 11 is 0. The van der Waals surface area contributed by atoms with E-state index in [0.29, 0.717) is 0 Å². The van der Waals surface area contributed by atoms with E-state index in [1.54, 1.807) is 12.3 Å². The molecule has 4 heteroatoms. The van der Waals surface area contributed by atoms with Crippen LogP contribution in [-0.4, -0.2) is 17.6 Å². The van der Waals surface area contributed by atoms with Gasteiger partial charge >= 0.3 is 5.97 Å². The highest BCUT2D eigenvalue weighted by Gasteiger charge is 2.23. The van der Waals surface area contributed by atoms with Crippen LogP contribution < -0.4 is 5.43 Å². The van der Waals surface area contributed by atoms with Crippen LogP contribution in [0.2, 0.25) is 0 Å². The number of hydrogen-bond acceptors (Lipinski definition) is 3. The lowest BCUT2D eigenvalue weighted by atomic mass is 9.91. The van der Waals surface area contributed by atoms with Crippen LogP contribution in [-0.2, 0) is 11.2 Å². The number of benzene rings is 1. The van der Waals surface area contributed by atoms with Crippen LogP contribution in [0.4, 0.5) is 0 Å². The molecule has 0 N–H and O–H groups in total. The third kappa shape index (κ3) is 2.17. The predicted molar refractivity (Wildman–Crippen MR) is 80.6 cm³/mol. The standard InChI is InChI=1S/C17H17NO3/c1-10-4-5-12-7-11(2)18-9-14(17(20)21-3)16(19)8-15(18)13(12)6-10/h4-6,8-9,11H,7H2,1-3H3. The fourth-order valence-corrected chi connectivity index (χ4v) is 2.92. The molecule has 1 aliphatic heterocycles. The van der Waals surface area contributed by atoms with Crippen molar-refractivity contribution in [3.05, 3.63) is 57.4 Å². The van der Waals surface area contributed by atoms with Gasteiger partial charge in [0.15, 0.2) is 5.43 Å². The van der Waals surface area contributed by atoms with Gasteiger partial charge in [-0.1, -0.05) is 17.7 Å². The van der Waals surface area contributed by atoms with Crippen molar-refractivity contribution in [1.82, 2.24) is 4.57 Å². The van der Waals surface area contributed by atoms with Crippen LogP contribution in [0, 0.1) is 6.92 Å². The molecular weight excluding hydrogens is 266 g/mol. The molecule has 21 heavy (non-hydrogen) atoms. The molecule has 0 aliphatic carbocycles. The minimum Gasteiger partial charge on any atom is -0.465 e. The lowest BCUT2D eigenvalue weighted by molar-refractivity contribution is 0.0598. The number of esters is 1. The van der Waals surface area contributed by atoms with E-state index in [-0.39, 0.29) is 17.0 Å². The van der Waals surface area contributed by atoms with E-state index in [1.807, 2.05) is 11.5 Å². The molecule has 0 spiro atoms. The Labute approximate surface area is 123 Å². The summed E-state index contributed by atoms with van der Waals surface area (Å²) in [7, 11) is 1.29. The highest BCUT2D eigenvalue weighted by molar-refractivity contribution is 5.89. The number of hydrogen-bond donors (Lipinski definition) is 0. The Bertz CT molecular complexity index is 789. The summed E-state index contributed by atoms with van der Waals surface area (Å²) in [6.07, 6.45) is 2.51. The van der Waals surface area contributed by atoms with Gasteiger partial charge in [-0.2, -0.15) is 0 Å². The Morgan fingerprint density at radius 1 is 1.33 bits per heavy atom. The fraction of sp³-hybridized carbons (Fsp3) is 0.294. The van der Waals surface area contributed by atoms with Gasteiger partial charge in [0.25, 0.3) is 0 Å². The van der Waals surface area contributed by atoms with Crippen LogP contribution in [0.3, 0.4) is 0 Å². The summed E-state index contributed by atoms with van der Waals surface area (Å²) in [6, 6.07) is 8.02. The summed E-state index contributed by atoms with van der Waals surface area (Å²) in [4.78, 5) is 23.9. The average molecular weight is 283 g/mol. The molecule has 1 aromatic carbocycles. The first-order valence-corrected chi connectivity index (χ1v) is 6.95. The Morgan fingerprint density at radius 3 is 2.81 bits per heavy atom. The number of nitrogens with zero attached hydrogens (tertiary/aromatic N) is 1. The van der Waals surface area contributed by atoms with E-state index < -0.39 is 5.97 Å². The van der Waals surface area contributed by atoms with Crippen molar-refractivity contribution in [3.63, 3.8) is 0 Å². The zero-order valence-electron chi connectivity index (χ0n) is 12.3. The van der Waals surface area contributed by atoms with Crippen molar-refractivity contribution < 1.29 is 9.53 Å². The molecule has 0 saturated carbocycles. The van der Waals surface area contributed by atoms with Crippen LogP contribution in [0.15, 0.2) is 35.3 Å². The van der Waals surface area contributed by atoms with Crippen molar-refractivity contribution in [3.8, 4) is 11.3 Å². The molecule has 0 radical (unpaired) electrons. The Balaban J connectivity index is 2.27. The summed E-state index contributed by atoms with van der Waals surface area (Å²) in [6.45, 7) is 4.11. The maximum absolute atomic E-state index is 12.2. The molecule has 2 aromatic rings. The monoisotopic (exact) mass is 283 g/mol. The minimum atomic E-state index is -0.586.